The van der Waals surface area contributed by atoms with Gasteiger partial charge in [-0.05, 0) is 24.5 Å². The van der Waals surface area contributed by atoms with Gasteiger partial charge in [0.2, 0.25) is 0 Å². The monoisotopic (exact) mass is 405 g/mol. The van der Waals surface area contributed by atoms with Gasteiger partial charge in [0.1, 0.15) is 11.5 Å². The molecule has 1 aliphatic carbocycles. The van der Waals surface area contributed by atoms with Crippen LogP contribution in [-0.2, 0) is 6.54 Å². The van der Waals surface area contributed by atoms with Crippen molar-refractivity contribution < 1.29 is 9.47 Å². The third-order valence-corrected chi connectivity index (χ3v) is 3.60. The van der Waals surface area contributed by atoms with Crippen LogP contribution in [0.2, 0.25) is 0 Å². The number of rotatable bonds is 5. The van der Waals surface area contributed by atoms with Crippen LogP contribution in [0.25, 0.3) is 0 Å². The predicted octanol–water partition coefficient (Wildman–Crippen LogP) is 2.40. The van der Waals surface area contributed by atoms with E-state index in [-0.39, 0.29) is 24.0 Å². The summed E-state index contributed by atoms with van der Waals surface area (Å²) < 4.78 is 10.6. The highest BCUT2D eigenvalue weighted by atomic mass is 127. The van der Waals surface area contributed by atoms with E-state index < -0.39 is 0 Å². The number of halogens is 1. The molecule has 1 fully saturated rings. The van der Waals surface area contributed by atoms with Crippen molar-refractivity contribution in [3.05, 3.63) is 23.8 Å². The van der Waals surface area contributed by atoms with Gasteiger partial charge in [0.15, 0.2) is 5.96 Å². The van der Waals surface area contributed by atoms with Gasteiger partial charge >= 0.3 is 0 Å². The Kier molecular flexibility index (Phi) is 7.07. The van der Waals surface area contributed by atoms with Crippen molar-refractivity contribution >= 4 is 29.9 Å². The zero-order valence-electron chi connectivity index (χ0n) is 13.0. The van der Waals surface area contributed by atoms with Crippen molar-refractivity contribution in [2.24, 2.45) is 10.9 Å². The standard InChI is InChI=1S/C15H23N3O2.HI/c1-10-7-13(10)18-15(16-2)17-9-11-5-6-12(19-3)8-14(11)20-4;/h5-6,8,10,13H,7,9H2,1-4H3,(H2,16,17,18);1H. The minimum atomic E-state index is 0. The molecule has 5 nitrogen and oxygen atoms in total. The second-order valence-corrected chi connectivity index (χ2v) is 5.07. The van der Waals surface area contributed by atoms with Crippen LogP contribution in [0, 0.1) is 5.92 Å². The van der Waals surface area contributed by atoms with Crippen LogP contribution in [0.4, 0.5) is 0 Å². The fourth-order valence-corrected chi connectivity index (χ4v) is 2.07. The molecule has 1 saturated carbocycles. The van der Waals surface area contributed by atoms with E-state index in [9.17, 15) is 0 Å². The summed E-state index contributed by atoms with van der Waals surface area (Å²) in [5.74, 6) is 3.17. The molecule has 2 atom stereocenters. The Morgan fingerprint density at radius 2 is 2.05 bits per heavy atom. The summed E-state index contributed by atoms with van der Waals surface area (Å²) in [5.41, 5.74) is 1.07. The Morgan fingerprint density at radius 1 is 1.33 bits per heavy atom. The lowest BCUT2D eigenvalue weighted by atomic mass is 10.2. The maximum absolute atomic E-state index is 5.38. The number of ether oxygens (including phenoxy) is 2. The minimum Gasteiger partial charge on any atom is -0.497 e. The van der Waals surface area contributed by atoms with E-state index in [2.05, 4.69) is 22.5 Å². The van der Waals surface area contributed by atoms with Crippen LogP contribution in [0.5, 0.6) is 11.5 Å². The molecular weight excluding hydrogens is 381 g/mol. The highest BCUT2D eigenvalue weighted by Crippen LogP contribution is 2.29. The van der Waals surface area contributed by atoms with Gasteiger partial charge in [0.25, 0.3) is 0 Å². The normalized spacial score (nSPS) is 20.3. The Bertz CT molecular complexity index is 494. The molecular formula is C15H24IN3O2. The first-order valence-corrected chi connectivity index (χ1v) is 6.86. The number of benzene rings is 1. The minimum absolute atomic E-state index is 0. The molecule has 1 aliphatic rings. The summed E-state index contributed by atoms with van der Waals surface area (Å²) in [6.45, 7) is 2.89. The molecule has 0 heterocycles. The van der Waals surface area contributed by atoms with E-state index in [1.807, 2.05) is 18.2 Å². The van der Waals surface area contributed by atoms with Crippen LogP contribution >= 0.6 is 24.0 Å². The van der Waals surface area contributed by atoms with Crippen molar-refractivity contribution in [1.82, 2.24) is 10.6 Å². The van der Waals surface area contributed by atoms with E-state index in [0.717, 1.165) is 28.9 Å². The van der Waals surface area contributed by atoms with Crippen molar-refractivity contribution in [3.8, 4) is 11.5 Å². The first-order valence-electron chi connectivity index (χ1n) is 6.86. The molecule has 1 aromatic rings. The molecule has 6 heteroatoms. The summed E-state index contributed by atoms with van der Waals surface area (Å²) in [6, 6.07) is 6.37. The maximum Gasteiger partial charge on any atom is 0.191 e. The van der Waals surface area contributed by atoms with Gasteiger partial charge in [-0.3, -0.25) is 4.99 Å². The first kappa shape index (κ1) is 17.9. The lowest BCUT2D eigenvalue weighted by molar-refractivity contribution is 0.390. The molecule has 0 saturated heterocycles. The number of guanidine groups is 1. The molecule has 2 rings (SSSR count). The van der Waals surface area contributed by atoms with Crippen molar-refractivity contribution in [2.45, 2.75) is 25.9 Å². The average molecular weight is 405 g/mol. The molecule has 21 heavy (non-hydrogen) atoms. The number of methoxy groups -OCH3 is 2. The molecule has 1 aromatic carbocycles. The van der Waals surface area contributed by atoms with Gasteiger partial charge in [-0.25, -0.2) is 0 Å². The molecule has 0 bridgehead atoms. The van der Waals surface area contributed by atoms with Crippen molar-refractivity contribution in [2.75, 3.05) is 21.3 Å². The Morgan fingerprint density at radius 3 is 2.57 bits per heavy atom. The molecule has 0 amide bonds. The van der Waals surface area contributed by atoms with Gasteiger partial charge < -0.3 is 20.1 Å². The first-order chi connectivity index (χ1) is 9.67. The molecule has 2 unspecified atom stereocenters. The van der Waals surface area contributed by atoms with Gasteiger partial charge in [-0.2, -0.15) is 0 Å². The fourth-order valence-electron chi connectivity index (χ4n) is 2.07. The van der Waals surface area contributed by atoms with E-state index in [1.165, 1.54) is 6.42 Å². The highest BCUT2D eigenvalue weighted by Gasteiger charge is 2.33. The quantitative estimate of drug-likeness (QED) is 0.449. The lowest BCUT2D eigenvalue weighted by Gasteiger charge is -2.14. The highest BCUT2D eigenvalue weighted by molar-refractivity contribution is 14.0. The summed E-state index contributed by atoms with van der Waals surface area (Å²) in [7, 11) is 5.10. The number of hydrogen-bond donors (Lipinski definition) is 2. The lowest BCUT2D eigenvalue weighted by Crippen LogP contribution is -2.38. The van der Waals surface area contributed by atoms with Crippen LogP contribution in [-0.4, -0.2) is 33.3 Å². The Labute approximate surface area is 143 Å². The van der Waals surface area contributed by atoms with E-state index in [0.29, 0.717) is 12.6 Å². The van der Waals surface area contributed by atoms with Crippen molar-refractivity contribution in [3.63, 3.8) is 0 Å². The zero-order valence-corrected chi connectivity index (χ0v) is 15.3. The smallest absolute Gasteiger partial charge is 0.191 e. The summed E-state index contributed by atoms with van der Waals surface area (Å²) in [5, 5.41) is 6.70. The van der Waals surface area contributed by atoms with Gasteiger partial charge in [-0.15, -0.1) is 24.0 Å². The molecule has 0 radical (unpaired) electrons. The summed E-state index contributed by atoms with van der Waals surface area (Å²) >= 11 is 0. The van der Waals surface area contributed by atoms with Crippen molar-refractivity contribution in [1.29, 1.82) is 0 Å². The second kappa shape index (κ2) is 8.31. The summed E-state index contributed by atoms with van der Waals surface area (Å²) in [6.07, 6.45) is 1.21. The Hall–Kier alpha value is -1.18. The topological polar surface area (TPSA) is 54.9 Å². The molecule has 118 valence electrons. The largest absolute Gasteiger partial charge is 0.497 e. The van der Waals surface area contributed by atoms with Crippen LogP contribution < -0.4 is 20.1 Å². The number of nitrogens with one attached hydrogen (secondary N) is 2. The summed E-state index contributed by atoms with van der Waals surface area (Å²) in [4.78, 5) is 4.24. The average Bonchev–Trinajstić information content (AvgIpc) is 3.18. The zero-order chi connectivity index (χ0) is 14.5. The van der Waals surface area contributed by atoms with E-state index >= 15 is 0 Å². The van der Waals surface area contributed by atoms with E-state index in [1.54, 1.807) is 21.3 Å². The number of hydrogen-bond acceptors (Lipinski definition) is 3. The Balaban J connectivity index is 0.00000220. The van der Waals surface area contributed by atoms with Crippen LogP contribution in [0.3, 0.4) is 0 Å². The maximum atomic E-state index is 5.38. The number of nitrogens with zero attached hydrogens (tertiary/aromatic N) is 1. The third-order valence-electron chi connectivity index (χ3n) is 3.60. The number of aliphatic imine (C=N–C) groups is 1. The third kappa shape index (κ3) is 4.94. The predicted molar refractivity (Wildman–Crippen MR) is 95.9 cm³/mol. The molecule has 0 aromatic heterocycles. The van der Waals surface area contributed by atoms with Crippen LogP contribution in [0.15, 0.2) is 23.2 Å². The van der Waals surface area contributed by atoms with Gasteiger partial charge in [-0.1, -0.05) is 6.92 Å². The molecule has 2 N–H and O–H groups in total. The SMILES string of the molecule is CN=C(NCc1ccc(OC)cc1OC)NC1CC1C.I. The van der Waals surface area contributed by atoms with Gasteiger partial charge in [0, 0.05) is 31.3 Å². The molecule has 0 spiro atoms. The van der Waals surface area contributed by atoms with Crippen LogP contribution in [0.1, 0.15) is 18.9 Å². The van der Waals surface area contributed by atoms with Gasteiger partial charge in [0.05, 0.1) is 14.2 Å². The molecule has 0 aliphatic heterocycles. The van der Waals surface area contributed by atoms with E-state index in [4.69, 9.17) is 9.47 Å². The fraction of sp³-hybridized carbons (Fsp3) is 0.533. The second-order valence-electron chi connectivity index (χ2n) is 5.07.